The van der Waals surface area contributed by atoms with Crippen LogP contribution >= 0.6 is 0 Å². The van der Waals surface area contributed by atoms with Gasteiger partial charge in [0.05, 0.1) is 0 Å². The van der Waals surface area contributed by atoms with E-state index >= 15 is 0 Å². The molecule has 18 heavy (non-hydrogen) atoms. The topological polar surface area (TPSA) is 26.0 Å². The van der Waals surface area contributed by atoms with Gasteiger partial charge in [-0.2, -0.15) is 0 Å². The van der Waals surface area contributed by atoms with E-state index in [-0.39, 0.29) is 0 Å². The van der Waals surface area contributed by atoms with Crippen LogP contribution in [0.1, 0.15) is 22.3 Å². The second-order valence-electron chi connectivity index (χ2n) is 4.80. The molecule has 0 saturated carbocycles. The Bertz CT molecular complexity index is 624. The van der Waals surface area contributed by atoms with Crippen molar-refractivity contribution >= 4 is 6.08 Å². The first-order valence-corrected chi connectivity index (χ1v) is 6.38. The number of hydrogen-bond donors (Lipinski definition) is 1. The molecule has 0 spiro atoms. The lowest BCUT2D eigenvalue weighted by Gasteiger charge is -2.15. The van der Waals surface area contributed by atoms with Crippen LogP contribution in [0.2, 0.25) is 0 Å². The van der Waals surface area contributed by atoms with Crippen molar-refractivity contribution in [3.63, 3.8) is 0 Å². The average molecular weight is 235 g/mol. The fraction of sp³-hybridized carbons (Fsp3) is 0.176. The summed E-state index contributed by atoms with van der Waals surface area (Å²) in [5, 5.41) is 0. The van der Waals surface area contributed by atoms with Gasteiger partial charge in [-0.1, -0.05) is 48.6 Å². The smallest absolute Gasteiger partial charge is 0.0184 e. The number of rotatable bonds is 2. The highest BCUT2D eigenvalue weighted by atomic mass is 14.5. The van der Waals surface area contributed by atoms with E-state index in [1.807, 2.05) is 0 Å². The summed E-state index contributed by atoms with van der Waals surface area (Å²) >= 11 is 0. The van der Waals surface area contributed by atoms with Crippen LogP contribution < -0.4 is 5.73 Å². The van der Waals surface area contributed by atoms with Crippen LogP contribution in [0.15, 0.2) is 42.5 Å². The minimum absolute atomic E-state index is 0.586. The van der Waals surface area contributed by atoms with Gasteiger partial charge in [-0.3, -0.25) is 0 Å². The van der Waals surface area contributed by atoms with Gasteiger partial charge in [0.25, 0.3) is 0 Å². The monoisotopic (exact) mass is 235 g/mol. The van der Waals surface area contributed by atoms with E-state index in [2.05, 4.69) is 55.5 Å². The summed E-state index contributed by atoms with van der Waals surface area (Å²) in [5.41, 5.74) is 13.8. The number of fused-ring (bicyclic) bond motifs is 1. The van der Waals surface area contributed by atoms with Crippen molar-refractivity contribution < 1.29 is 0 Å². The highest BCUT2D eigenvalue weighted by Gasteiger charge is 2.15. The molecule has 0 aliphatic heterocycles. The predicted octanol–water partition coefficient (Wildman–Crippen LogP) is 3.69. The van der Waals surface area contributed by atoms with E-state index in [0.717, 1.165) is 6.42 Å². The Labute approximate surface area is 108 Å². The van der Waals surface area contributed by atoms with Crippen LogP contribution in [0.25, 0.3) is 17.2 Å². The fourth-order valence-corrected chi connectivity index (χ4v) is 2.74. The third-order valence-corrected chi connectivity index (χ3v) is 3.67. The molecular weight excluding hydrogens is 218 g/mol. The highest BCUT2D eigenvalue weighted by molar-refractivity contribution is 5.83. The van der Waals surface area contributed by atoms with Crippen molar-refractivity contribution in [1.82, 2.24) is 0 Å². The zero-order valence-corrected chi connectivity index (χ0v) is 10.6. The summed E-state index contributed by atoms with van der Waals surface area (Å²) in [6, 6.07) is 12.9. The van der Waals surface area contributed by atoms with Gasteiger partial charge in [0, 0.05) is 6.54 Å². The van der Waals surface area contributed by atoms with Crippen molar-refractivity contribution in [1.29, 1.82) is 0 Å². The summed E-state index contributed by atoms with van der Waals surface area (Å²) < 4.78 is 0. The Balaban J connectivity index is 2.29. The van der Waals surface area contributed by atoms with Gasteiger partial charge in [0.15, 0.2) is 0 Å². The van der Waals surface area contributed by atoms with Crippen molar-refractivity contribution in [2.75, 3.05) is 0 Å². The van der Waals surface area contributed by atoms with Gasteiger partial charge in [-0.25, -0.2) is 0 Å². The third kappa shape index (κ3) is 1.68. The minimum atomic E-state index is 0.586. The van der Waals surface area contributed by atoms with Crippen molar-refractivity contribution in [2.45, 2.75) is 19.9 Å². The Morgan fingerprint density at radius 3 is 2.78 bits per heavy atom. The number of nitrogens with two attached hydrogens (primary N) is 1. The maximum Gasteiger partial charge on any atom is 0.0184 e. The first-order chi connectivity index (χ1) is 8.81. The third-order valence-electron chi connectivity index (χ3n) is 3.67. The first kappa shape index (κ1) is 11.2. The van der Waals surface area contributed by atoms with E-state index in [4.69, 9.17) is 5.73 Å². The van der Waals surface area contributed by atoms with Gasteiger partial charge in [-0.15, -0.1) is 0 Å². The predicted molar refractivity (Wildman–Crippen MR) is 77.2 cm³/mol. The Kier molecular flexibility index (Phi) is 2.77. The molecule has 0 aromatic heterocycles. The minimum Gasteiger partial charge on any atom is -0.326 e. The van der Waals surface area contributed by atoms with Crippen molar-refractivity contribution in [2.24, 2.45) is 5.73 Å². The molecule has 2 N–H and O–H groups in total. The van der Waals surface area contributed by atoms with Gasteiger partial charge in [-0.05, 0) is 46.7 Å². The van der Waals surface area contributed by atoms with Crippen LogP contribution in [-0.4, -0.2) is 0 Å². The molecule has 0 heterocycles. The quantitative estimate of drug-likeness (QED) is 0.844. The molecule has 3 rings (SSSR count). The Morgan fingerprint density at radius 1 is 1.11 bits per heavy atom. The van der Waals surface area contributed by atoms with Gasteiger partial charge in [0.1, 0.15) is 0 Å². The molecule has 2 aromatic carbocycles. The second kappa shape index (κ2) is 4.43. The first-order valence-electron chi connectivity index (χ1n) is 6.38. The van der Waals surface area contributed by atoms with E-state index in [1.165, 1.54) is 33.4 Å². The SMILES string of the molecule is Cc1ccc2c(c1-c1ccccc1CN)C=CC2. The summed E-state index contributed by atoms with van der Waals surface area (Å²) in [7, 11) is 0. The van der Waals surface area contributed by atoms with E-state index in [9.17, 15) is 0 Å². The Hall–Kier alpha value is -1.86. The fourth-order valence-electron chi connectivity index (χ4n) is 2.74. The zero-order chi connectivity index (χ0) is 12.5. The molecule has 0 fully saturated rings. The zero-order valence-electron chi connectivity index (χ0n) is 10.6. The molecular formula is C17H17N. The molecule has 90 valence electrons. The summed E-state index contributed by atoms with van der Waals surface area (Å²) in [5.74, 6) is 0. The van der Waals surface area contributed by atoms with Crippen LogP contribution in [0.3, 0.4) is 0 Å². The van der Waals surface area contributed by atoms with Crippen molar-refractivity contribution in [3.05, 3.63) is 64.7 Å². The lowest BCUT2D eigenvalue weighted by atomic mass is 9.90. The lowest BCUT2D eigenvalue weighted by molar-refractivity contribution is 1.07. The van der Waals surface area contributed by atoms with Crippen molar-refractivity contribution in [3.8, 4) is 11.1 Å². The molecule has 0 amide bonds. The van der Waals surface area contributed by atoms with E-state index in [1.54, 1.807) is 0 Å². The summed E-state index contributed by atoms with van der Waals surface area (Å²) in [4.78, 5) is 0. The van der Waals surface area contributed by atoms with Crippen LogP contribution in [0.4, 0.5) is 0 Å². The number of aryl methyl sites for hydroxylation is 1. The Morgan fingerprint density at radius 2 is 1.94 bits per heavy atom. The summed E-state index contributed by atoms with van der Waals surface area (Å²) in [6.07, 6.45) is 5.52. The van der Waals surface area contributed by atoms with Crippen LogP contribution in [-0.2, 0) is 13.0 Å². The maximum atomic E-state index is 5.87. The molecule has 0 unspecified atom stereocenters. The molecule has 1 nitrogen and oxygen atoms in total. The van der Waals surface area contributed by atoms with Gasteiger partial charge >= 0.3 is 0 Å². The molecule has 1 heteroatoms. The van der Waals surface area contributed by atoms with Crippen LogP contribution in [0.5, 0.6) is 0 Å². The van der Waals surface area contributed by atoms with Gasteiger partial charge < -0.3 is 5.73 Å². The van der Waals surface area contributed by atoms with Crippen LogP contribution in [0, 0.1) is 6.92 Å². The maximum absolute atomic E-state index is 5.87. The largest absolute Gasteiger partial charge is 0.326 e. The van der Waals surface area contributed by atoms with E-state index < -0.39 is 0 Å². The molecule has 0 radical (unpaired) electrons. The molecule has 0 saturated heterocycles. The number of benzene rings is 2. The average Bonchev–Trinajstić information content (AvgIpc) is 2.87. The lowest BCUT2D eigenvalue weighted by Crippen LogP contribution is -2.01. The summed E-state index contributed by atoms with van der Waals surface area (Å²) in [6.45, 7) is 2.76. The number of allylic oxidation sites excluding steroid dienone is 1. The van der Waals surface area contributed by atoms with Gasteiger partial charge in [0.2, 0.25) is 0 Å². The highest BCUT2D eigenvalue weighted by Crippen LogP contribution is 2.35. The van der Waals surface area contributed by atoms with E-state index in [0.29, 0.717) is 6.54 Å². The normalized spacial score (nSPS) is 12.8. The molecule has 1 aliphatic rings. The standard InChI is InChI=1S/C17H17N/c1-12-9-10-13-6-4-8-15(13)17(12)16-7-3-2-5-14(16)11-18/h2-5,7-10H,6,11,18H2,1H3. The number of hydrogen-bond acceptors (Lipinski definition) is 1. The molecule has 0 bridgehead atoms. The molecule has 2 aromatic rings. The second-order valence-corrected chi connectivity index (χ2v) is 4.80. The molecule has 1 aliphatic carbocycles. The molecule has 0 atom stereocenters.